The van der Waals surface area contributed by atoms with E-state index in [-0.39, 0.29) is 12.3 Å². The largest absolute Gasteiger partial charge is 0.481 e. The Labute approximate surface area is 88.8 Å². The van der Waals surface area contributed by atoms with Crippen LogP contribution in [0, 0.1) is 5.92 Å². The summed E-state index contributed by atoms with van der Waals surface area (Å²) in [5, 5.41) is 14.1. The van der Waals surface area contributed by atoms with Gasteiger partial charge in [-0.25, -0.2) is 5.01 Å². The molecule has 1 amide bonds. The Bertz CT molecular complexity index is 299. The Morgan fingerprint density at radius 3 is 2.80 bits per heavy atom. The first-order chi connectivity index (χ1) is 7.06. The molecule has 0 aromatic carbocycles. The van der Waals surface area contributed by atoms with Crippen molar-refractivity contribution in [2.75, 3.05) is 6.54 Å². The van der Waals surface area contributed by atoms with E-state index < -0.39 is 11.9 Å². The highest BCUT2D eigenvalue weighted by Gasteiger charge is 2.34. The monoisotopic (exact) mass is 212 g/mol. The number of carboxylic acid groups (broad SMARTS) is 1. The molecule has 1 unspecified atom stereocenters. The zero-order valence-electron chi connectivity index (χ0n) is 9.06. The smallest absolute Gasteiger partial charge is 0.304 e. The van der Waals surface area contributed by atoms with Crippen molar-refractivity contribution >= 4 is 17.6 Å². The van der Waals surface area contributed by atoms with E-state index in [1.807, 2.05) is 6.92 Å². The molecule has 84 valence electrons. The van der Waals surface area contributed by atoms with E-state index in [2.05, 4.69) is 5.10 Å². The average molecular weight is 212 g/mol. The third-order valence-corrected chi connectivity index (χ3v) is 2.44. The van der Waals surface area contributed by atoms with Gasteiger partial charge in [-0.15, -0.1) is 0 Å². The van der Waals surface area contributed by atoms with Crippen LogP contribution in [0.4, 0.5) is 0 Å². The number of carbonyl (C=O) groups is 2. The van der Waals surface area contributed by atoms with Gasteiger partial charge in [0.2, 0.25) is 0 Å². The molecule has 1 atom stereocenters. The van der Waals surface area contributed by atoms with Gasteiger partial charge in [-0.1, -0.05) is 13.3 Å². The van der Waals surface area contributed by atoms with Gasteiger partial charge in [0.1, 0.15) is 0 Å². The minimum absolute atomic E-state index is 0.156. The van der Waals surface area contributed by atoms with Crippen LogP contribution in [0.25, 0.3) is 0 Å². The average Bonchev–Trinajstić information content (AvgIpc) is 2.42. The van der Waals surface area contributed by atoms with Crippen molar-refractivity contribution in [3.63, 3.8) is 0 Å². The van der Waals surface area contributed by atoms with Crippen molar-refractivity contribution in [1.82, 2.24) is 5.01 Å². The van der Waals surface area contributed by atoms with Gasteiger partial charge in [0, 0.05) is 12.3 Å². The zero-order chi connectivity index (χ0) is 11.4. The molecule has 0 spiro atoms. The topological polar surface area (TPSA) is 70.0 Å². The van der Waals surface area contributed by atoms with E-state index >= 15 is 0 Å². The van der Waals surface area contributed by atoms with Gasteiger partial charge in [-0.05, 0) is 13.3 Å². The lowest BCUT2D eigenvalue weighted by atomic mass is 10.0. The van der Waals surface area contributed by atoms with E-state index in [1.54, 1.807) is 6.92 Å². The standard InChI is InChI=1S/C10H16N2O3/c1-3-4-5-12-10(15)8(6-9(13)14)7(2)11-12/h8H,3-6H2,1-2H3,(H,13,14). The fourth-order valence-corrected chi connectivity index (χ4v) is 1.55. The SMILES string of the molecule is CCCCN1N=C(C)C(CC(=O)O)C1=O. The summed E-state index contributed by atoms with van der Waals surface area (Å²) in [4.78, 5) is 22.2. The molecule has 0 saturated carbocycles. The molecule has 1 rings (SSSR count). The van der Waals surface area contributed by atoms with Gasteiger partial charge in [0.25, 0.3) is 5.91 Å². The first-order valence-corrected chi connectivity index (χ1v) is 5.14. The first-order valence-electron chi connectivity index (χ1n) is 5.14. The lowest BCUT2D eigenvalue weighted by Gasteiger charge is -2.12. The number of hydrogen-bond acceptors (Lipinski definition) is 3. The predicted octanol–water partition coefficient (Wildman–Crippen LogP) is 1.10. The Morgan fingerprint density at radius 2 is 2.27 bits per heavy atom. The molecule has 1 heterocycles. The van der Waals surface area contributed by atoms with Crippen LogP contribution in [-0.2, 0) is 9.59 Å². The second-order valence-corrected chi connectivity index (χ2v) is 3.71. The molecule has 15 heavy (non-hydrogen) atoms. The minimum atomic E-state index is -0.958. The molecular weight excluding hydrogens is 196 g/mol. The third kappa shape index (κ3) is 2.78. The van der Waals surface area contributed by atoms with Crippen LogP contribution in [0.3, 0.4) is 0 Å². The fourth-order valence-electron chi connectivity index (χ4n) is 1.55. The molecule has 5 nitrogen and oxygen atoms in total. The van der Waals surface area contributed by atoms with Crippen molar-refractivity contribution < 1.29 is 14.7 Å². The van der Waals surface area contributed by atoms with Crippen molar-refractivity contribution in [2.45, 2.75) is 33.1 Å². The maximum absolute atomic E-state index is 11.7. The molecule has 0 saturated heterocycles. The summed E-state index contributed by atoms with van der Waals surface area (Å²) < 4.78 is 0. The van der Waals surface area contributed by atoms with E-state index in [9.17, 15) is 9.59 Å². The van der Waals surface area contributed by atoms with Gasteiger partial charge in [-0.2, -0.15) is 5.10 Å². The molecule has 0 aromatic heterocycles. The summed E-state index contributed by atoms with van der Waals surface area (Å²) in [7, 11) is 0. The summed E-state index contributed by atoms with van der Waals surface area (Å²) in [6.07, 6.45) is 1.72. The Hall–Kier alpha value is -1.39. The van der Waals surface area contributed by atoms with Crippen molar-refractivity contribution in [1.29, 1.82) is 0 Å². The maximum atomic E-state index is 11.7. The van der Waals surface area contributed by atoms with Crippen LogP contribution >= 0.6 is 0 Å². The lowest BCUT2D eigenvalue weighted by Crippen LogP contribution is -2.29. The summed E-state index contributed by atoms with van der Waals surface area (Å²) in [6.45, 7) is 4.33. The fraction of sp³-hybridized carbons (Fsp3) is 0.700. The molecule has 5 heteroatoms. The van der Waals surface area contributed by atoms with Gasteiger partial charge >= 0.3 is 5.97 Å². The van der Waals surface area contributed by atoms with Crippen LogP contribution in [0.5, 0.6) is 0 Å². The Morgan fingerprint density at radius 1 is 1.60 bits per heavy atom. The van der Waals surface area contributed by atoms with Crippen molar-refractivity contribution in [2.24, 2.45) is 11.0 Å². The number of hydrazone groups is 1. The highest BCUT2D eigenvalue weighted by atomic mass is 16.4. The van der Waals surface area contributed by atoms with E-state index in [0.717, 1.165) is 12.8 Å². The summed E-state index contributed by atoms with van der Waals surface area (Å²) in [5.41, 5.74) is 0.610. The van der Waals surface area contributed by atoms with E-state index in [1.165, 1.54) is 5.01 Å². The number of rotatable bonds is 5. The zero-order valence-corrected chi connectivity index (χ0v) is 9.06. The molecule has 0 bridgehead atoms. The lowest BCUT2D eigenvalue weighted by molar-refractivity contribution is -0.141. The molecule has 0 aromatic rings. The van der Waals surface area contributed by atoms with E-state index in [4.69, 9.17) is 5.11 Å². The predicted molar refractivity (Wildman–Crippen MR) is 55.5 cm³/mol. The quantitative estimate of drug-likeness (QED) is 0.741. The second kappa shape index (κ2) is 4.91. The number of carboxylic acids is 1. The molecule has 1 aliphatic heterocycles. The Balaban J connectivity index is 2.61. The number of hydrogen-bond donors (Lipinski definition) is 1. The highest BCUT2D eigenvalue weighted by Crippen LogP contribution is 2.19. The van der Waals surface area contributed by atoms with Gasteiger partial charge in [0.05, 0.1) is 12.3 Å². The number of carbonyl (C=O) groups excluding carboxylic acids is 1. The maximum Gasteiger partial charge on any atom is 0.304 e. The van der Waals surface area contributed by atoms with Gasteiger partial charge < -0.3 is 5.11 Å². The van der Waals surface area contributed by atoms with Gasteiger partial charge in [-0.3, -0.25) is 9.59 Å². The van der Waals surface area contributed by atoms with Crippen LogP contribution in [-0.4, -0.2) is 34.2 Å². The molecule has 0 fully saturated rings. The highest BCUT2D eigenvalue weighted by molar-refractivity contribution is 6.08. The van der Waals surface area contributed by atoms with E-state index in [0.29, 0.717) is 12.3 Å². The van der Waals surface area contributed by atoms with Crippen molar-refractivity contribution in [3.8, 4) is 0 Å². The molecule has 0 radical (unpaired) electrons. The normalized spacial score (nSPS) is 20.7. The molecule has 1 aliphatic rings. The molecular formula is C10H16N2O3. The minimum Gasteiger partial charge on any atom is -0.481 e. The van der Waals surface area contributed by atoms with Crippen LogP contribution in [0.1, 0.15) is 33.1 Å². The number of aliphatic carboxylic acids is 1. The summed E-state index contributed by atoms with van der Waals surface area (Å²) >= 11 is 0. The first kappa shape index (κ1) is 11.7. The number of unbranched alkanes of at least 4 members (excludes halogenated alkanes) is 1. The molecule has 1 N–H and O–H groups in total. The van der Waals surface area contributed by atoms with Crippen LogP contribution < -0.4 is 0 Å². The number of amides is 1. The Kier molecular flexibility index (Phi) is 3.82. The third-order valence-electron chi connectivity index (χ3n) is 2.44. The second-order valence-electron chi connectivity index (χ2n) is 3.71. The number of nitrogens with zero attached hydrogens (tertiary/aromatic N) is 2. The van der Waals surface area contributed by atoms with Crippen LogP contribution in [0.2, 0.25) is 0 Å². The summed E-state index contributed by atoms with van der Waals surface area (Å²) in [6, 6.07) is 0. The summed E-state index contributed by atoms with van der Waals surface area (Å²) in [5.74, 6) is -1.69. The van der Waals surface area contributed by atoms with Crippen LogP contribution in [0.15, 0.2) is 5.10 Å². The van der Waals surface area contributed by atoms with Gasteiger partial charge in [0.15, 0.2) is 0 Å². The molecule has 0 aliphatic carbocycles. The van der Waals surface area contributed by atoms with Crippen molar-refractivity contribution in [3.05, 3.63) is 0 Å².